The molecule has 2 unspecified atom stereocenters. The summed E-state index contributed by atoms with van der Waals surface area (Å²) in [4.78, 5) is 27.5. The normalized spacial score (nSPS) is 31.1. The van der Waals surface area contributed by atoms with Crippen LogP contribution in [0.4, 0.5) is 0 Å². The van der Waals surface area contributed by atoms with E-state index in [0.29, 0.717) is 44.6 Å². The number of fused-ring (bicyclic) bond motifs is 1. The van der Waals surface area contributed by atoms with Crippen LogP contribution in [0.15, 0.2) is 0 Å². The van der Waals surface area contributed by atoms with E-state index in [1.54, 1.807) is 0 Å². The molecule has 2 aliphatic heterocycles. The maximum absolute atomic E-state index is 12.4. The Morgan fingerprint density at radius 3 is 2.57 bits per heavy atom. The van der Waals surface area contributed by atoms with E-state index in [-0.39, 0.29) is 11.8 Å². The predicted molar refractivity (Wildman–Crippen MR) is 75.9 cm³/mol. The van der Waals surface area contributed by atoms with Crippen LogP contribution in [0.25, 0.3) is 0 Å². The van der Waals surface area contributed by atoms with Crippen molar-refractivity contribution in [3.05, 3.63) is 0 Å². The zero-order valence-electron chi connectivity index (χ0n) is 12.4. The lowest BCUT2D eigenvalue weighted by molar-refractivity contribution is -0.146. The third kappa shape index (κ3) is 3.21. The zero-order chi connectivity index (χ0) is 14.8. The summed E-state index contributed by atoms with van der Waals surface area (Å²) in [5.74, 6) is -0.868. The van der Waals surface area contributed by atoms with Gasteiger partial charge in [-0.2, -0.15) is 0 Å². The Bertz CT molecular complexity index is 406. The second kappa shape index (κ2) is 6.32. The molecule has 118 valence electrons. The van der Waals surface area contributed by atoms with Crippen LogP contribution in [0.5, 0.6) is 0 Å². The minimum Gasteiger partial charge on any atom is -0.481 e. The van der Waals surface area contributed by atoms with Crippen LogP contribution in [-0.4, -0.2) is 71.7 Å². The van der Waals surface area contributed by atoms with E-state index in [9.17, 15) is 9.59 Å². The Kier molecular flexibility index (Phi) is 4.45. The van der Waals surface area contributed by atoms with Crippen molar-refractivity contribution in [3.8, 4) is 0 Å². The van der Waals surface area contributed by atoms with E-state index < -0.39 is 5.97 Å². The van der Waals surface area contributed by atoms with Gasteiger partial charge in [0.2, 0.25) is 5.91 Å². The van der Waals surface area contributed by atoms with Crippen LogP contribution in [-0.2, 0) is 14.3 Å². The smallest absolute Gasteiger partial charge is 0.306 e. The summed E-state index contributed by atoms with van der Waals surface area (Å²) in [6.07, 6.45) is 4.89. The van der Waals surface area contributed by atoms with E-state index in [4.69, 9.17) is 9.84 Å². The van der Waals surface area contributed by atoms with Crippen LogP contribution >= 0.6 is 0 Å². The van der Waals surface area contributed by atoms with Gasteiger partial charge in [0.05, 0.1) is 25.2 Å². The van der Waals surface area contributed by atoms with Crippen molar-refractivity contribution >= 4 is 11.9 Å². The highest BCUT2D eigenvalue weighted by Crippen LogP contribution is 2.29. The number of carbonyl (C=O) groups excluding carboxylic acids is 1. The highest BCUT2D eigenvalue weighted by atomic mass is 16.5. The molecule has 0 aromatic carbocycles. The predicted octanol–water partition coefficient (Wildman–Crippen LogP) is 0.563. The summed E-state index contributed by atoms with van der Waals surface area (Å²) in [6, 6.07) is 0.402. The average Bonchev–Trinajstić information content (AvgIpc) is 2.97. The number of nitrogens with zero attached hydrogens (tertiary/aromatic N) is 2. The molecule has 3 aliphatic rings. The number of hydrogen-bond acceptors (Lipinski definition) is 4. The van der Waals surface area contributed by atoms with Gasteiger partial charge in [-0.25, -0.2) is 0 Å². The van der Waals surface area contributed by atoms with Gasteiger partial charge in [-0.05, 0) is 32.1 Å². The van der Waals surface area contributed by atoms with Crippen LogP contribution in [0, 0.1) is 5.92 Å². The first kappa shape index (κ1) is 14.8. The summed E-state index contributed by atoms with van der Waals surface area (Å²) in [5, 5.41) is 9.00. The van der Waals surface area contributed by atoms with Crippen molar-refractivity contribution in [3.63, 3.8) is 0 Å². The molecule has 3 fully saturated rings. The van der Waals surface area contributed by atoms with Crippen molar-refractivity contribution in [1.29, 1.82) is 0 Å². The van der Waals surface area contributed by atoms with Crippen molar-refractivity contribution in [2.24, 2.45) is 5.92 Å². The first-order chi connectivity index (χ1) is 10.1. The lowest BCUT2D eigenvalue weighted by Crippen LogP contribution is -2.53. The number of carboxylic acids is 1. The second-order valence-electron chi connectivity index (χ2n) is 6.37. The SMILES string of the molecule is O=C(O)C1CCN(C(=O)CN2CCOC3CCCC32)CC1. The van der Waals surface area contributed by atoms with Gasteiger partial charge >= 0.3 is 5.97 Å². The molecule has 2 saturated heterocycles. The van der Waals surface area contributed by atoms with E-state index in [0.717, 1.165) is 26.0 Å². The fraction of sp³-hybridized carbons (Fsp3) is 0.867. The fourth-order valence-corrected chi connectivity index (χ4v) is 3.85. The Balaban J connectivity index is 1.51. The molecule has 0 aromatic rings. The number of aliphatic carboxylic acids is 1. The van der Waals surface area contributed by atoms with Crippen molar-refractivity contribution in [2.45, 2.75) is 44.2 Å². The number of piperidine rings is 1. The van der Waals surface area contributed by atoms with Gasteiger partial charge in [-0.15, -0.1) is 0 Å². The van der Waals surface area contributed by atoms with Gasteiger partial charge in [-0.3, -0.25) is 14.5 Å². The number of likely N-dealkylation sites (tertiary alicyclic amines) is 1. The molecular weight excluding hydrogens is 272 g/mol. The third-order valence-corrected chi connectivity index (χ3v) is 5.13. The molecule has 0 spiro atoms. The average molecular weight is 296 g/mol. The second-order valence-corrected chi connectivity index (χ2v) is 6.37. The topological polar surface area (TPSA) is 70.1 Å². The lowest BCUT2D eigenvalue weighted by Gasteiger charge is -2.39. The molecule has 0 bridgehead atoms. The van der Waals surface area contributed by atoms with Crippen molar-refractivity contribution in [2.75, 3.05) is 32.8 Å². The minimum absolute atomic E-state index is 0.145. The number of amides is 1. The van der Waals surface area contributed by atoms with E-state index >= 15 is 0 Å². The van der Waals surface area contributed by atoms with Gasteiger partial charge < -0.3 is 14.7 Å². The molecule has 0 radical (unpaired) electrons. The van der Waals surface area contributed by atoms with Gasteiger partial charge in [-0.1, -0.05) is 0 Å². The van der Waals surface area contributed by atoms with Crippen LogP contribution in [0.1, 0.15) is 32.1 Å². The quantitative estimate of drug-likeness (QED) is 0.824. The molecule has 3 rings (SSSR count). The standard InChI is InChI=1S/C15H24N2O4/c18-14(16-6-4-11(5-7-16)15(19)20)10-17-8-9-21-13-3-1-2-12(13)17/h11-13H,1-10H2,(H,19,20). The van der Waals surface area contributed by atoms with E-state index in [1.165, 1.54) is 6.42 Å². The molecule has 21 heavy (non-hydrogen) atoms. The number of rotatable bonds is 3. The molecule has 2 atom stereocenters. The number of carbonyl (C=O) groups is 2. The van der Waals surface area contributed by atoms with Crippen molar-refractivity contribution in [1.82, 2.24) is 9.80 Å². The lowest BCUT2D eigenvalue weighted by atomic mass is 9.97. The monoisotopic (exact) mass is 296 g/mol. The third-order valence-electron chi connectivity index (χ3n) is 5.13. The summed E-state index contributed by atoms with van der Waals surface area (Å²) < 4.78 is 5.77. The Morgan fingerprint density at radius 1 is 1.10 bits per heavy atom. The highest BCUT2D eigenvalue weighted by molar-refractivity contribution is 5.79. The zero-order valence-corrected chi connectivity index (χ0v) is 12.4. The summed E-state index contributed by atoms with van der Waals surface area (Å²) in [6.45, 7) is 3.17. The molecule has 2 heterocycles. The summed E-state index contributed by atoms with van der Waals surface area (Å²) in [7, 11) is 0. The van der Waals surface area contributed by atoms with Crippen LogP contribution in [0.3, 0.4) is 0 Å². The maximum Gasteiger partial charge on any atom is 0.306 e. The molecular formula is C15H24N2O4. The van der Waals surface area contributed by atoms with Gasteiger partial charge in [0, 0.05) is 25.7 Å². The number of hydrogen-bond donors (Lipinski definition) is 1. The number of ether oxygens (including phenoxy) is 1. The molecule has 6 heteroatoms. The highest BCUT2D eigenvalue weighted by Gasteiger charge is 2.37. The Morgan fingerprint density at radius 2 is 1.86 bits per heavy atom. The van der Waals surface area contributed by atoms with E-state index in [1.807, 2.05) is 4.90 Å². The number of morpholine rings is 1. The van der Waals surface area contributed by atoms with E-state index in [2.05, 4.69) is 4.90 Å². The fourth-order valence-electron chi connectivity index (χ4n) is 3.85. The minimum atomic E-state index is -0.732. The van der Waals surface area contributed by atoms with Gasteiger partial charge in [0.1, 0.15) is 0 Å². The molecule has 1 N–H and O–H groups in total. The summed E-state index contributed by atoms with van der Waals surface area (Å²) in [5.41, 5.74) is 0. The summed E-state index contributed by atoms with van der Waals surface area (Å²) >= 11 is 0. The van der Waals surface area contributed by atoms with Crippen LogP contribution < -0.4 is 0 Å². The molecule has 1 saturated carbocycles. The molecule has 6 nitrogen and oxygen atoms in total. The first-order valence-corrected chi connectivity index (χ1v) is 8.01. The Labute approximate surface area is 125 Å². The number of carboxylic acid groups (broad SMARTS) is 1. The molecule has 1 amide bonds. The van der Waals surface area contributed by atoms with Gasteiger partial charge in [0.25, 0.3) is 0 Å². The van der Waals surface area contributed by atoms with Gasteiger partial charge in [0.15, 0.2) is 0 Å². The van der Waals surface area contributed by atoms with Crippen molar-refractivity contribution < 1.29 is 19.4 Å². The van der Waals surface area contributed by atoms with Crippen LogP contribution in [0.2, 0.25) is 0 Å². The molecule has 1 aliphatic carbocycles. The Hall–Kier alpha value is -1.14. The maximum atomic E-state index is 12.4. The largest absolute Gasteiger partial charge is 0.481 e. The first-order valence-electron chi connectivity index (χ1n) is 8.01. The molecule has 0 aromatic heterocycles.